The monoisotopic (exact) mass is 365 g/mol. The average Bonchev–Trinajstić information content (AvgIpc) is 3.08. The van der Waals surface area contributed by atoms with Crippen molar-refractivity contribution in [3.8, 4) is 16.9 Å². The van der Waals surface area contributed by atoms with Gasteiger partial charge in [0.15, 0.2) is 5.82 Å². The minimum absolute atomic E-state index is 0.0721. The van der Waals surface area contributed by atoms with Gasteiger partial charge in [-0.25, -0.2) is 13.8 Å². The number of anilines is 1. The van der Waals surface area contributed by atoms with E-state index in [1.54, 1.807) is 30.5 Å². The van der Waals surface area contributed by atoms with Gasteiger partial charge in [0, 0.05) is 28.9 Å². The van der Waals surface area contributed by atoms with Crippen LogP contribution in [0.2, 0.25) is 0 Å². The third-order valence-electron chi connectivity index (χ3n) is 4.30. The number of benzene rings is 2. The van der Waals surface area contributed by atoms with Crippen molar-refractivity contribution in [3.05, 3.63) is 77.6 Å². The molecule has 0 radical (unpaired) electrons. The zero-order valence-electron chi connectivity index (χ0n) is 13.8. The number of halogens is 2. The second kappa shape index (κ2) is 6.21. The minimum atomic E-state index is -1.09. The molecule has 4 N–H and O–H groups in total. The highest BCUT2D eigenvalue weighted by Crippen LogP contribution is 2.29. The summed E-state index contributed by atoms with van der Waals surface area (Å²) in [5.41, 5.74) is 6.25. The second-order valence-corrected chi connectivity index (χ2v) is 6.03. The fourth-order valence-electron chi connectivity index (χ4n) is 2.95. The number of pyridine rings is 1. The SMILES string of the molecule is Nc1ccc(F)c(C(=O)c2c[nH]c3ncc(-c4cccc(O)c4)cc23)c1F. The van der Waals surface area contributed by atoms with Crippen LogP contribution in [0.5, 0.6) is 5.75 Å². The lowest BCUT2D eigenvalue weighted by molar-refractivity contribution is 0.103. The number of phenols is 1. The molecule has 0 saturated heterocycles. The highest BCUT2D eigenvalue weighted by atomic mass is 19.1. The van der Waals surface area contributed by atoms with Crippen LogP contribution < -0.4 is 5.73 Å². The van der Waals surface area contributed by atoms with Gasteiger partial charge in [-0.05, 0) is 35.9 Å². The summed E-state index contributed by atoms with van der Waals surface area (Å²) in [6.07, 6.45) is 2.93. The molecule has 0 atom stereocenters. The first-order valence-electron chi connectivity index (χ1n) is 8.00. The molecule has 0 aliphatic heterocycles. The Morgan fingerprint density at radius 1 is 1.11 bits per heavy atom. The number of rotatable bonds is 3. The number of aromatic amines is 1. The van der Waals surface area contributed by atoms with Crippen LogP contribution in [0.15, 0.2) is 54.9 Å². The van der Waals surface area contributed by atoms with Crippen LogP contribution in [0.3, 0.4) is 0 Å². The average molecular weight is 365 g/mol. The van der Waals surface area contributed by atoms with E-state index < -0.39 is 23.0 Å². The quantitative estimate of drug-likeness (QED) is 0.378. The first-order valence-corrected chi connectivity index (χ1v) is 8.00. The highest BCUT2D eigenvalue weighted by molar-refractivity contribution is 6.16. The van der Waals surface area contributed by atoms with E-state index in [9.17, 15) is 18.7 Å². The molecule has 0 aliphatic rings. The van der Waals surface area contributed by atoms with Crippen molar-refractivity contribution in [2.45, 2.75) is 0 Å². The largest absolute Gasteiger partial charge is 0.508 e. The van der Waals surface area contributed by atoms with Gasteiger partial charge in [0.05, 0.1) is 11.3 Å². The summed E-state index contributed by atoms with van der Waals surface area (Å²) in [6, 6.07) is 10.2. The van der Waals surface area contributed by atoms with Gasteiger partial charge in [-0.3, -0.25) is 4.79 Å². The minimum Gasteiger partial charge on any atom is -0.508 e. The van der Waals surface area contributed by atoms with Crippen molar-refractivity contribution in [1.82, 2.24) is 9.97 Å². The van der Waals surface area contributed by atoms with Crippen LogP contribution in [0, 0.1) is 11.6 Å². The molecular formula is C20H13F2N3O2. The molecule has 2 aromatic heterocycles. The maximum absolute atomic E-state index is 14.3. The van der Waals surface area contributed by atoms with E-state index in [0.717, 1.165) is 12.1 Å². The number of nitrogens with two attached hydrogens (primary N) is 1. The number of aromatic hydroxyl groups is 1. The molecule has 0 saturated carbocycles. The van der Waals surface area contributed by atoms with E-state index in [1.807, 2.05) is 0 Å². The smallest absolute Gasteiger partial charge is 0.201 e. The second-order valence-electron chi connectivity index (χ2n) is 6.03. The lowest BCUT2D eigenvalue weighted by atomic mass is 10.00. The Labute approximate surface area is 152 Å². The molecule has 4 aromatic rings. The predicted molar refractivity (Wildman–Crippen MR) is 97.4 cm³/mol. The van der Waals surface area contributed by atoms with Crippen molar-refractivity contribution in [1.29, 1.82) is 0 Å². The molecule has 0 fully saturated rings. The number of carbonyl (C=O) groups is 1. The molecule has 134 valence electrons. The summed E-state index contributed by atoms with van der Waals surface area (Å²) in [5, 5.41) is 10.1. The van der Waals surface area contributed by atoms with Crippen LogP contribution in [0.4, 0.5) is 14.5 Å². The zero-order valence-corrected chi connectivity index (χ0v) is 13.8. The summed E-state index contributed by atoms with van der Waals surface area (Å²) < 4.78 is 28.3. The van der Waals surface area contributed by atoms with Crippen molar-refractivity contribution >= 4 is 22.5 Å². The number of aromatic nitrogens is 2. The molecule has 0 aliphatic carbocycles. The number of nitrogens with zero attached hydrogens (tertiary/aromatic N) is 1. The number of hydrogen-bond donors (Lipinski definition) is 3. The van der Waals surface area contributed by atoms with Crippen LogP contribution in [0.25, 0.3) is 22.2 Å². The number of H-pyrrole nitrogens is 1. The number of nitrogens with one attached hydrogen (secondary N) is 1. The van der Waals surface area contributed by atoms with Gasteiger partial charge in [-0.1, -0.05) is 12.1 Å². The summed E-state index contributed by atoms with van der Waals surface area (Å²) in [6.45, 7) is 0. The summed E-state index contributed by atoms with van der Waals surface area (Å²) in [4.78, 5) is 19.9. The van der Waals surface area contributed by atoms with Gasteiger partial charge < -0.3 is 15.8 Å². The summed E-state index contributed by atoms with van der Waals surface area (Å²) in [5.74, 6) is -2.83. The molecule has 0 spiro atoms. The molecular weight excluding hydrogens is 352 g/mol. The molecule has 0 unspecified atom stereocenters. The normalized spacial score (nSPS) is 11.0. The number of hydrogen-bond acceptors (Lipinski definition) is 4. The number of carbonyl (C=O) groups excluding carboxylic acids is 1. The van der Waals surface area contributed by atoms with E-state index >= 15 is 0 Å². The number of nitrogen functional groups attached to an aromatic ring is 1. The van der Waals surface area contributed by atoms with Crippen LogP contribution >= 0.6 is 0 Å². The maximum Gasteiger partial charge on any atom is 0.201 e. The van der Waals surface area contributed by atoms with Crippen molar-refractivity contribution in [2.75, 3.05) is 5.73 Å². The fourth-order valence-corrected chi connectivity index (χ4v) is 2.95. The maximum atomic E-state index is 14.3. The molecule has 5 nitrogen and oxygen atoms in total. The predicted octanol–water partition coefficient (Wildman–Crippen LogP) is 4.03. The van der Waals surface area contributed by atoms with Gasteiger partial charge in [-0.2, -0.15) is 0 Å². The van der Waals surface area contributed by atoms with Gasteiger partial charge in [0.1, 0.15) is 17.2 Å². The first-order chi connectivity index (χ1) is 13.0. The van der Waals surface area contributed by atoms with Gasteiger partial charge >= 0.3 is 0 Å². The van der Waals surface area contributed by atoms with Crippen molar-refractivity contribution in [3.63, 3.8) is 0 Å². The number of phenolic OH excluding ortho intramolecular Hbond substituents is 1. The molecule has 4 rings (SSSR count). The van der Waals surface area contributed by atoms with Gasteiger partial charge in [-0.15, -0.1) is 0 Å². The Hall–Kier alpha value is -3.74. The Morgan fingerprint density at radius 3 is 2.70 bits per heavy atom. The molecule has 7 heteroatoms. The Morgan fingerprint density at radius 2 is 1.93 bits per heavy atom. The Kier molecular flexibility index (Phi) is 3.84. The summed E-state index contributed by atoms with van der Waals surface area (Å²) >= 11 is 0. The van der Waals surface area contributed by atoms with Crippen LogP contribution in [0.1, 0.15) is 15.9 Å². The molecule has 0 bridgehead atoms. The number of ketones is 1. The van der Waals surface area contributed by atoms with Gasteiger partial charge in [0.25, 0.3) is 0 Å². The molecule has 2 heterocycles. The summed E-state index contributed by atoms with van der Waals surface area (Å²) in [7, 11) is 0. The fraction of sp³-hybridized carbons (Fsp3) is 0. The zero-order chi connectivity index (χ0) is 19.1. The van der Waals surface area contributed by atoms with E-state index in [-0.39, 0.29) is 17.0 Å². The first kappa shape index (κ1) is 16.7. The van der Waals surface area contributed by atoms with Crippen LogP contribution in [-0.2, 0) is 0 Å². The van der Waals surface area contributed by atoms with Crippen molar-refractivity contribution in [2.24, 2.45) is 0 Å². The van der Waals surface area contributed by atoms with E-state index in [2.05, 4.69) is 9.97 Å². The third kappa shape index (κ3) is 2.79. The third-order valence-corrected chi connectivity index (χ3v) is 4.30. The standard InChI is InChI=1S/C20H13F2N3O2/c21-15-4-5-16(23)18(22)17(15)19(27)14-9-25-20-13(14)7-11(8-24-20)10-2-1-3-12(26)6-10/h1-9,26H,23H2,(H,24,25). The van der Waals surface area contributed by atoms with Crippen LogP contribution in [-0.4, -0.2) is 20.9 Å². The lowest BCUT2D eigenvalue weighted by Gasteiger charge is -2.06. The van der Waals surface area contributed by atoms with E-state index in [4.69, 9.17) is 5.73 Å². The molecule has 27 heavy (non-hydrogen) atoms. The topological polar surface area (TPSA) is 92.0 Å². The molecule has 0 amide bonds. The lowest BCUT2D eigenvalue weighted by Crippen LogP contribution is -2.09. The molecule has 2 aromatic carbocycles. The Bertz CT molecular complexity index is 1200. The van der Waals surface area contributed by atoms with E-state index in [0.29, 0.717) is 22.2 Å². The Balaban J connectivity index is 1.87. The number of fused-ring (bicyclic) bond motifs is 1. The highest BCUT2D eigenvalue weighted by Gasteiger charge is 2.23. The van der Waals surface area contributed by atoms with Gasteiger partial charge in [0.2, 0.25) is 5.78 Å². The van der Waals surface area contributed by atoms with Crippen molar-refractivity contribution < 1.29 is 18.7 Å². The van der Waals surface area contributed by atoms with E-state index in [1.165, 1.54) is 12.3 Å².